The lowest BCUT2D eigenvalue weighted by Crippen LogP contribution is -2.27. The molecule has 4 nitrogen and oxygen atoms in total. The highest BCUT2D eigenvalue weighted by Crippen LogP contribution is 1.71. The molecule has 0 saturated heterocycles. The third-order valence-corrected chi connectivity index (χ3v) is 1.000. The Bertz CT molecular complexity index is 249. The quantitative estimate of drug-likeness (QED) is 0.343. The molecule has 4 N–H and O–H groups in total. The molecule has 0 bridgehead atoms. The summed E-state index contributed by atoms with van der Waals surface area (Å²) in [7, 11) is 0. The fraction of sp³-hybridized carbons (Fsp3) is 0. The second-order valence-corrected chi connectivity index (χ2v) is 1.60. The van der Waals surface area contributed by atoms with Crippen LogP contribution in [0.3, 0.4) is 0 Å². The smallest absolute Gasteiger partial charge is 0.170 e. The molecule has 1 aromatic rings. The van der Waals surface area contributed by atoms with Gasteiger partial charge in [-0.3, -0.25) is 4.68 Å². The Balaban J connectivity index is 3.33. The highest BCUT2D eigenvalue weighted by molar-refractivity contribution is 4.91. The van der Waals surface area contributed by atoms with Crippen LogP contribution in [-0.2, 0) is 0 Å². The van der Waals surface area contributed by atoms with Crippen LogP contribution < -0.4 is 17.2 Å². The molecule has 0 aromatic carbocycles. The van der Waals surface area contributed by atoms with Gasteiger partial charge in [0.05, 0.1) is 0 Å². The van der Waals surface area contributed by atoms with Gasteiger partial charge in [0, 0.05) is 6.20 Å². The number of aromatic nitrogens is 1. The van der Waals surface area contributed by atoms with Crippen molar-refractivity contribution >= 4 is 0 Å². The average Bonchev–Trinajstić information content (AvgIpc) is 1.89. The Hall–Kier alpha value is -1.45. The minimum Gasteiger partial charge on any atom is -0.338 e. The first kappa shape index (κ1) is 5.68. The molecule has 0 radical (unpaired) electrons. The zero-order valence-corrected chi connectivity index (χ0v) is 4.86. The van der Waals surface area contributed by atoms with E-state index in [0.717, 1.165) is 0 Å². The fourth-order valence-electron chi connectivity index (χ4n) is 0.556. The van der Waals surface area contributed by atoms with Crippen LogP contribution >= 0.6 is 0 Å². The summed E-state index contributed by atoms with van der Waals surface area (Å²) >= 11 is 0. The van der Waals surface area contributed by atoms with Gasteiger partial charge in [0.25, 0.3) is 0 Å². The van der Waals surface area contributed by atoms with Crippen molar-refractivity contribution in [1.29, 1.82) is 0 Å². The first-order chi connectivity index (χ1) is 4.34. The Kier molecular flexibility index (Phi) is 1.40. The maximum atomic E-state index is 5.37. The van der Waals surface area contributed by atoms with E-state index in [9.17, 15) is 0 Å². The third-order valence-electron chi connectivity index (χ3n) is 1.000. The number of rotatable bonds is 0. The van der Waals surface area contributed by atoms with Gasteiger partial charge in [-0.2, -0.15) is 5.10 Å². The SMILES string of the molecule is N/N=c1\ccccn1N. The van der Waals surface area contributed by atoms with Crippen molar-refractivity contribution in [3.63, 3.8) is 0 Å². The molecule has 0 amide bonds. The van der Waals surface area contributed by atoms with E-state index >= 15 is 0 Å². The van der Waals surface area contributed by atoms with Gasteiger partial charge in [-0.15, -0.1) is 0 Å². The Morgan fingerprint density at radius 1 is 1.44 bits per heavy atom. The number of nitrogens with zero attached hydrogens (tertiary/aromatic N) is 2. The molecule has 0 fully saturated rings. The first-order valence-electron chi connectivity index (χ1n) is 2.51. The van der Waals surface area contributed by atoms with Gasteiger partial charge in [0.1, 0.15) is 0 Å². The van der Waals surface area contributed by atoms with Crippen molar-refractivity contribution in [1.82, 2.24) is 4.68 Å². The maximum Gasteiger partial charge on any atom is 0.170 e. The molecule has 48 valence electrons. The molecular formula is C5H8N4. The molecule has 0 saturated carbocycles. The predicted octanol–water partition coefficient (Wildman–Crippen LogP) is -1.02. The highest BCUT2D eigenvalue weighted by atomic mass is 15.3. The minimum absolute atomic E-state index is 0.553. The summed E-state index contributed by atoms with van der Waals surface area (Å²) in [4.78, 5) is 0. The highest BCUT2D eigenvalue weighted by Gasteiger charge is 1.79. The lowest BCUT2D eigenvalue weighted by molar-refractivity contribution is 0.875. The summed E-state index contributed by atoms with van der Waals surface area (Å²) in [5.74, 6) is 10.3. The van der Waals surface area contributed by atoms with E-state index in [2.05, 4.69) is 5.10 Å². The van der Waals surface area contributed by atoms with Crippen LogP contribution in [0.2, 0.25) is 0 Å². The summed E-state index contributed by atoms with van der Waals surface area (Å²) in [5.41, 5.74) is 0.553. The van der Waals surface area contributed by atoms with E-state index in [4.69, 9.17) is 11.7 Å². The van der Waals surface area contributed by atoms with E-state index in [0.29, 0.717) is 5.49 Å². The standard InChI is InChI=1S/C5H8N4/c6-8-5-3-1-2-4-9(5)7/h1-4H,6-7H2/b8-5+. The molecule has 0 aliphatic rings. The van der Waals surface area contributed by atoms with Gasteiger partial charge in [-0.05, 0) is 12.1 Å². The Morgan fingerprint density at radius 2 is 2.22 bits per heavy atom. The molecule has 0 aliphatic carbocycles. The summed E-state index contributed by atoms with van der Waals surface area (Å²) in [6.07, 6.45) is 1.67. The molecule has 1 aromatic heterocycles. The van der Waals surface area contributed by atoms with E-state index < -0.39 is 0 Å². The molecule has 0 atom stereocenters. The van der Waals surface area contributed by atoms with Crippen LogP contribution in [0.5, 0.6) is 0 Å². The summed E-state index contributed by atoms with van der Waals surface area (Å²) in [6, 6.07) is 5.34. The third kappa shape index (κ3) is 1.02. The number of pyridine rings is 1. The van der Waals surface area contributed by atoms with Crippen LogP contribution in [-0.4, -0.2) is 4.68 Å². The van der Waals surface area contributed by atoms with Gasteiger partial charge in [-0.25, -0.2) is 0 Å². The Morgan fingerprint density at radius 3 is 2.67 bits per heavy atom. The molecule has 1 heterocycles. The number of nitrogen functional groups attached to an aromatic ring is 1. The fourth-order valence-corrected chi connectivity index (χ4v) is 0.556. The van der Waals surface area contributed by atoms with Crippen molar-refractivity contribution in [2.24, 2.45) is 10.9 Å². The van der Waals surface area contributed by atoms with E-state index in [-0.39, 0.29) is 0 Å². The second kappa shape index (κ2) is 2.21. The summed E-state index contributed by atoms with van der Waals surface area (Å²) < 4.78 is 1.35. The van der Waals surface area contributed by atoms with Crippen molar-refractivity contribution < 1.29 is 0 Å². The van der Waals surface area contributed by atoms with E-state index in [1.54, 1.807) is 18.3 Å². The number of hydrogen-bond donors (Lipinski definition) is 2. The molecule has 9 heavy (non-hydrogen) atoms. The largest absolute Gasteiger partial charge is 0.338 e. The van der Waals surface area contributed by atoms with E-state index in [1.165, 1.54) is 4.68 Å². The monoisotopic (exact) mass is 124 g/mol. The van der Waals surface area contributed by atoms with Crippen LogP contribution in [0.4, 0.5) is 0 Å². The normalized spacial score (nSPS) is 11.8. The molecule has 0 unspecified atom stereocenters. The zero-order chi connectivity index (χ0) is 6.69. The second-order valence-electron chi connectivity index (χ2n) is 1.60. The van der Waals surface area contributed by atoms with E-state index in [1.807, 2.05) is 6.07 Å². The van der Waals surface area contributed by atoms with Crippen LogP contribution in [0.25, 0.3) is 0 Å². The van der Waals surface area contributed by atoms with Gasteiger partial charge < -0.3 is 11.7 Å². The average molecular weight is 124 g/mol. The molecular weight excluding hydrogens is 116 g/mol. The zero-order valence-electron chi connectivity index (χ0n) is 4.86. The van der Waals surface area contributed by atoms with Crippen LogP contribution in [0.1, 0.15) is 0 Å². The van der Waals surface area contributed by atoms with Crippen molar-refractivity contribution in [2.45, 2.75) is 0 Å². The summed E-state index contributed by atoms with van der Waals surface area (Å²) in [5, 5.41) is 3.41. The number of nitrogens with two attached hydrogens (primary N) is 2. The van der Waals surface area contributed by atoms with Crippen LogP contribution in [0, 0.1) is 0 Å². The van der Waals surface area contributed by atoms with Gasteiger partial charge in [0.15, 0.2) is 5.49 Å². The first-order valence-corrected chi connectivity index (χ1v) is 2.51. The molecule has 1 rings (SSSR count). The van der Waals surface area contributed by atoms with Crippen LogP contribution in [0.15, 0.2) is 29.5 Å². The predicted molar refractivity (Wildman–Crippen MR) is 34.3 cm³/mol. The Labute approximate surface area is 52.4 Å². The van der Waals surface area contributed by atoms with Crippen molar-refractivity contribution in [3.8, 4) is 0 Å². The number of hydrogen-bond acceptors (Lipinski definition) is 3. The molecule has 4 heteroatoms. The summed E-state index contributed by atoms with van der Waals surface area (Å²) in [6.45, 7) is 0. The topological polar surface area (TPSA) is 69.3 Å². The lowest BCUT2D eigenvalue weighted by atomic mass is 10.5. The molecule has 0 spiro atoms. The van der Waals surface area contributed by atoms with Gasteiger partial charge in [-0.1, -0.05) is 6.07 Å². The van der Waals surface area contributed by atoms with Gasteiger partial charge >= 0.3 is 0 Å². The van der Waals surface area contributed by atoms with Crippen molar-refractivity contribution in [2.75, 3.05) is 5.84 Å². The minimum atomic E-state index is 0.553. The maximum absolute atomic E-state index is 5.37. The van der Waals surface area contributed by atoms with Gasteiger partial charge in [0.2, 0.25) is 0 Å². The van der Waals surface area contributed by atoms with Crippen molar-refractivity contribution in [3.05, 3.63) is 29.9 Å². The molecule has 0 aliphatic heterocycles. The lowest BCUT2D eigenvalue weighted by Gasteiger charge is -1.94.